The molecule has 1 aromatic carbocycles. The average molecular weight is 315 g/mol. The fourth-order valence-electron chi connectivity index (χ4n) is 1.43. The molecule has 0 aromatic heterocycles. The van der Waals surface area contributed by atoms with Crippen LogP contribution in [0.3, 0.4) is 0 Å². The lowest BCUT2D eigenvalue weighted by Gasteiger charge is -2.08. The van der Waals surface area contributed by atoms with Crippen molar-refractivity contribution in [2.24, 2.45) is 0 Å². The van der Waals surface area contributed by atoms with Gasteiger partial charge in [-0.2, -0.15) is 0 Å². The molecule has 0 atom stereocenters. The highest BCUT2D eigenvalue weighted by molar-refractivity contribution is 9.09. The number of hydrogen-bond acceptors (Lipinski definition) is 4. The molecule has 4 nitrogen and oxygen atoms in total. The number of methoxy groups -OCH3 is 3. The summed E-state index contributed by atoms with van der Waals surface area (Å²) in [7, 11) is 4.50. The standard InChI is InChI=1S/C13H15BrO4/c1-16-11-5-4-9(7-12(11)17-2)6-10(8-14)13(15)18-3/h4-7H,8H2,1-3H3/b10-6+. The van der Waals surface area contributed by atoms with Gasteiger partial charge in [-0.15, -0.1) is 0 Å². The first kappa shape index (κ1) is 14.6. The van der Waals surface area contributed by atoms with Gasteiger partial charge in [-0.3, -0.25) is 0 Å². The van der Waals surface area contributed by atoms with E-state index < -0.39 is 0 Å². The van der Waals surface area contributed by atoms with Crippen LogP contribution in [-0.4, -0.2) is 32.6 Å². The monoisotopic (exact) mass is 314 g/mol. The van der Waals surface area contributed by atoms with E-state index >= 15 is 0 Å². The third-order valence-corrected chi connectivity index (χ3v) is 2.94. The maximum absolute atomic E-state index is 11.4. The SMILES string of the molecule is COC(=O)/C(=C/c1ccc(OC)c(OC)c1)CBr. The number of alkyl halides is 1. The summed E-state index contributed by atoms with van der Waals surface area (Å²) in [4.78, 5) is 11.4. The predicted octanol–water partition coefficient (Wildman–Crippen LogP) is 2.66. The van der Waals surface area contributed by atoms with Crippen LogP contribution in [0.1, 0.15) is 5.56 Å². The molecule has 0 aliphatic rings. The van der Waals surface area contributed by atoms with E-state index in [0.29, 0.717) is 22.4 Å². The second-order valence-corrected chi connectivity index (χ2v) is 3.97. The number of hydrogen-bond donors (Lipinski definition) is 0. The zero-order valence-electron chi connectivity index (χ0n) is 10.5. The van der Waals surface area contributed by atoms with Crippen LogP contribution < -0.4 is 9.47 Å². The second-order valence-electron chi connectivity index (χ2n) is 3.41. The molecule has 0 aliphatic heterocycles. The zero-order valence-corrected chi connectivity index (χ0v) is 12.1. The number of halogens is 1. The van der Waals surface area contributed by atoms with E-state index in [0.717, 1.165) is 5.56 Å². The van der Waals surface area contributed by atoms with E-state index in [1.54, 1.807) is 32.4 Å². The van der Waals surface area contributed by atoms with Gasteiger partial charge in [0, 0.05) is 10.9 Å². The molecular weight excluding hydrogens is 300 g/mol. The van der Waals surface area contributed by atoms with Gasteiger partial charge in [0.25, 0.3) is 0 Å². The van der Waals surface area contributed by atoms with Crippen molar-refractivity contribution in [1.29, 1.82) is 0 Å². The summed E-state index contributed by atoms with van der Waals surface area (Å²) in [5, 5.41) is 0.425. The normalized spacial score (nSPS) is 11.0. The van der Waals surface area contributed by atoms with E-state index in [1.807, 2.05) is 6.07 Å². The average Bonchev–Trinajstić information content (AvgIpc) is 2.43. The van der Waals surface area contributed by atoms with Gasteiger partial charge in [0.1, 0.15) is 0 Å². The number of benzene rings is 1. The van der Waals surface area contributed by atoms with Crippen LogP contribution in [0.2, 0.25) is 0 Å². The Morgan fingerprint density at radius 1 is 1.22 bits per heavy atom. The van der Waals surface area contributed by atoms with Gasteiger partial charge < -0.3 is 14.2 Å². The van der Waals surface area contributed by atoms with Gasteiger partial charge in [0.05, 0.1) is 21.3 Å². The summed E-state index contributed by atoms with van der Waals surface area (Å²) in [6.45, 7) is 0. The van der Waals surface area contributed by atoms with Crippen LogP contribution in [-0.2, 0) is 9.53 Å². The highest BCUT2D eigenvalue weighted by Gasteiger charge is 2.09. The molecule has 1 aromatic rings. The van der Waals surface area contributed by atoms with Crippen LogP contribution in [0.4, 0.5) is 0 Å². The highest BCUT2D eigenvalue weighted by Crippen LogP contribution is 2.28. The van der Waals surface area contributed by atoms with Gasteiger partial charge in [-0.1, -0.05) is 22.0 Å². The lowest BCUT2D eigenvalue weighted by atomic mass is 10.1. The third-order valence-electron chi connectivity index (χ3n) is 2.34. The Labute approximate surface area is 115 Å². The zero-order chi connectivity index (χ0) is 13.5. The Morgan fingerprint density at radius 3 is 2.39 bits per heavy atom. The highest BCUT2D eigenvalue weighted by atomic mass is 79.9. The number of ether oxygens (including phenoxy) is 3. The number of carbonyl (C=O) groups excluding carboxylic acids is 1. The van der Waals surface area contributed by atoms with Gasteiger partial charge in [0.2, 0.25) is 0 Å². The van der Waals surface area contributed by atoms with Gasteiger partial charge >= 0.3 is 5.97 Å². The molecule has 0 bridgehead atoms. The van der Waals surface area contributed by atoms with E-state index in [2.05, 4.69) is 20.7 Å². The minimum Gasteiger partial charge on any atom is -0.493 e. The molecule has 0 aliphatic carbocycles. The van der Waals surface area contributed by atoms with Crippen molar-refractivity contribution in [1.82, 2.24) is 0 Å². The van der Waals surface area contributed by atoms with E-state index in [4.69, 9.17) is 9.47 Å². The topological polar surface area (TPSA) is 44.8 Å². The molecule has 0 N–H and O–H groups in total. The van der Waals surface area contributed by atoms with Crippen molar-refractivity contribution >= 4 is 28.0 Å². The molecule has 98 valence electrons. The molecular formula is C13H15BrO4. The van der Waals surface area contributed by atoms with Gasteiger partial charge in [0.15, 0.2) is 11.5 Å². The lowest BCUT2D eigenvalue weighted by Crippen LogP contribution is -2.05. The molecule has 5 heteroatoms. The lowest BCUT2D eigenvalue weighted by molar-refractivity contribution is -0.135. The maximum Gasteiger partial charge on any atom is 0.334 e. The number of carbonyl (C=O) groups is 1. The molecule has 0 spiro atoms. The summed E-state index contributed by atoms with van der Waals surface area (Å²) in [5.41, 5.74) is 1.37. The van der Waals surface area contributed by atoms with Crippen LogP contribution in [0, 0.1) is 0 Å². The van der Waals surface area contributed by atoms with Crippen LogP contribution in [0.25, 0.3) is 6.08 Å². The first-order valence-electron chi connectivity index (χ1n) is 5.23. The first-order chi connectivity index (χ1) is 8.65. The van der Waals surface area contributed by atoms with Crippen molar-refractivity contribution in [2.75, 3.05) is 26.7 Å². The molecule has 0 unspecified atom stereocenters. The van der Waals surface area contributed by atoms with E-state index in [1.165, 1.54) is 7.11 Å². The van der Waals surface area contributed by atoms with Crippen LogP contribution in [0.15, 0.2) is 23.8 Å². The Hall–Kier alpha value is -1.49. The fraction of sp³-hybridized carbons (Fsp3) is 0.308. The minimum atomic E-state index is -0.360. The molecule has 0 saturated carbocycles. The molecule has 18 heavy (non-hydrogen) atoms. The van der Waals surface area contributed by atoms with E-state index in [9.17, 15) is 4.79 Å². The summed E-state index contributed by atoms with van der Waals surface area (Å²) < 4.78 is 15.0. The summed E-state index contributed by atoms with van der Waals surface area (Å²) in [6, 6.07) is 5.42. The van der Waals surface area contributed by atoms with Crippen molar-refractivity contribution in [3.63, 3.8) is 0 Å². The molecule has 0 saturated heterocycles. The fourth-order valence-corrected chi connectivity index (χ4v) is 1.82. The largest absolute Gasteiger partial charge is 0.493 e. The van der Waals surface area contributed by atoms with Crippen molar-refractivity contribution in [3.8, 4) is 11.5 Å². The summed E-state index contributed by atoms with van der Waals surface area (Å²) >= 11 is 3.25. The van der Waals surface area contributed by atoms with Gasteiger partial charge in [-0.25, -0.2) is 4.79 Å². The Kier molecular flexibility index (Phi) is 5.71. The summed E-state index contributed by atoms with van der Waals surface area (Å²) in [6.07, 6.45) is 1.74. The Bertz CT molecular complexity index is 454. The Balaban J connectivity index is 3.10. The smallest absolute Gasteiger partial charge is 0.334 e. The van der Waals surface area contributed by atoms with Gasteiger partial charge in [-0.05, 0) is 23.8 Å². The van der Waals surface area contributed by atoms with Crippen molar-refractivity contribution < 1.29 is 19.0 Å². The number of rotatable bonds is 5. The Morgan fingerprint density at radius 2 is 1.89 bits per heavy atom. The maximum atomic E-state index is 11.4. The minimum absolute atomic E-state index is 0.360. The van der Waals surface area contributed by atoms with Crippen molar-refractivity contribution in [2.45, 2.75) is 0 Å². The molecule has 0 heterocycles. The predicted molar refractivity (Wildman–Crippen MR) is 73.3 cm³/mol. The van der Waals surface area contributed by atoms with E-state index in [-0.39, 0.29) is 5.97 Å². The van der Waals surface area contributed by atoms with Crippen LogP contribution >= 0.6 is 15.9 Å². The number of esters is 1. The molecule has 1 rings (SSSR count). The first-order valence-corrected chi connectivity index (χ1v) is 6.35. The quantitative estimate of drug-likeness (QED) is 0.476. The van der Waals surface area contributed by atoms with Crippen LogP contribution in [0.5, 0.6) is 11.5 Å². The summed E-state index contributed by atoms with van der Waals surface area (Å²) in [5.74, 6) is 0.903. The third kappa shape index (κ3) is 3.50. The molecule has 0 radical (unpaired) electrons. The molecule has 0 fully saturated rings. The molecule has 0 amide bonds. The second kappa shape index (κ2) is 7.06. The van der Waals surface area contributed by atoms with Crippen molar-refractivity contribution in [3.05, 3.63) is 29.3 Å².